The molecule has 2 amide bonds. The van der Waals surface area contributed by atoms with Crippen molar-refractivity contribution in [3.05, 3.63) is 70.3 Å². The summed E-state index contributed by atoms with van der Waals surface area (Å²) >= 11 is 3.35. The largest absolute Gasteiger partial charge is 0.350 e. The Kier molecular flexibility index (Phi) is 5.19. The normalized spacial score (nSPS) is 10.6. The molecule has 0 aliphatic heterocycles. The summed E-state index contributed by atoms with van der Waals surface area (Å²) in [6.07, 6.45) is 1.82. The first kappa shape index (κ1) is 17.2. The van der Waals surface area contributed by atoms with E-state index in [2.05, 4.69) is 26.6 Å². The fourth-order valence-electron chi connectivity index (χ4n) is 2.71. The molecule has 0 radical (unpaired) electrons. The first-order valence-electron chi connectivity index (χ1n) is 7.93. The number of aryl methyl sites for hydroxylation is 1. The minimum Gasteiger partial charge on any atom is -0.350 e. The molecule has 1 heterocycles. The Bertz CT molecular complexity index is 933. The van der Waals surface area contributed by atoms with E-state index in [1.807, 2.05) is 60.3 Å². The topological polar surface area (TPSA) is 63.1 Å². The van der Waals surface area contributed by atoms with Gasteiger partial charge < -0.3 is 15.2 Å². The van der Waals surface area contributed by atoms with E-state index >= 15 is 0 Å². The maximum Gasteiger partial charge on any atom is 0.253 e. The second-order valence-electron chi connectivity index (χ2n) is 5.66. The van der Waals surface area contributed by atoms with Gasteiger partial charge in [-0.15, -0.1) is 0 Å². The van der Waals surface area contributed by atoms with E-state index in [1.165, 1.54) is 0 Å². The number of hydrogen-bond donors (Lipinski definition) is 2. The Morgan fingerprint density at radius 3 is 2.24 bits per heavy atom. The van der Waals surface area contributed by atoms with Crippen LogP contribution < -0.4 is 10.6 Å². The van der Waals surface area contributed by atoms with Crippen LogP contribution in [0.1, 0.15) is 20.7 Å². The number of nitrogens with one attached hydrogen (secondary N) is 2. The number of benzene rings is 2. The molecule has 0 aliphatic carbocycles. The lowest BCUT2D eigenvalue weighted by molar-refractivity contribution is 0.0928. The standard InChI is InChI=1S/C19H18BrN3O2/c1-23-12-15(13-6-3-5-9-17(13)23)19(25)22-11-10-21-18(24)14-7-2-4-8-16(14)20/h2-9,12H,10-11H2,1H3,(H,21,24)(H,22,25). The molecule has 1 aromatic heterocycles. The number of para-hydroxylation sites is 1. The first-order chi connectivity index (χ1) is 12.1. The van der Waals surface area contributed by atoms with Crippen LogP contribution in [-0.2, 0) is 7.05 Å². The highest BCUT2D eigenvalue weighted by molar-refractivity contribution is 9.10. The van der Waals surface area contributed by atoms with Gasteiger partial charge in [-0.3, -0.25) is 9.59 Å². The van der Waals surface area contributed by atoms with Crippen LogP contribution in [0, 0.1) is 0 Å². The Morgan fingerprint density at radius 2 is 1.52 bits per heavy atom. The molecule has 0 saturated carbocycles. The van der Waals surface area contributed by atoms with Crippen LogP contribution in [-0.4, -0.2) is 29.5 Å². The van der Waals surface area contributed by atoms with Crippen molar-refractivity contribution in [1.29, 1.82) is 0 Å². The molecule has 2 aromatic carbocycles. The highest BCUT2D eigenvalue weighted by Crippen LogP contribution is 2.20. The summed E-state index contributed by atoms with van der Waals surface area (Å²) < 4.78 is 2.67. The lowest BCUT2D eigenvalue weighted by Gasteiger charge is -2.08. The van der Waals surface area contributed by atoms with Crippen LogP contribution >= 0.6 is 15.9 Å². The zero-order valence-corrected chi connectivity index (χ0v) is 15.3. The number of fused-ring (bicyclic) bond motifs is 1. The first-order valence-corrected chi connectivity index (χ1v) is 8.72. The van der Waals surface area contributed by atoms with Gasteiger partial charge in [0.1, 0.15) is 0 Å². The third-order valence-corrected chi connectivity index (χ3v) is 4.65. The van der Waals surface area contributed by atoms with E-state index < -0.39 is 0 Å². The van der Waals surface area contributed by atoms with Gasteiger partial charge in [0.15, 0.2) is 0 Å². The van der Waals surface area contributed by atoms with Gasteiger partial charge in [-0.2, -0.15) is 0 Å². The summed E-state index contributed by atoms with van der Waals surface area (Å²) in [5, 5.41) is 6.56. The van der Waals surface area contributed by atoms with Gasteiger partial charge in [-0.25, -0.2) is 0 Å². The lowest BCUT2D eigenvalue weighted by Crippen LogP contribution is -2.34. The van der Waals surface area contributed by atoms with Crippen LogP contribution in [0.4, 0.5) is 0 Å². The van der Waals surface area contributed by atoms with E-state index in [9.17, 15) is 9.59 Å². The van der Waals surface area contributed by atoms with Crippen molar-refractivity contribution in [2.75, 3.05) is 13.1 Å². The number of halogens is 1. The minimum atomic E-state index is -0.174. The van der Waals surface area contributed by atoms with Crippen molar-refractivity contribution in [3.63, 3.8) is 0 Å². The molecule has 0 aliphatic rings. The summed E-state index contributed by atoms with van der Waals surface area (Å²) in [6.45, 7) is 0.717. The number of carbonyl (C=O) groups excluding carboxylic acids is 2. The monoisotopic (exact) mass is 399 g/mol. The molecule has 3 aromatic rings. The number of nitrogens with zero attached hydrogens (tertiary/aromatic N) is 1. The van der Waals surface area contributed by atoms with Gasteiger partial charge >= 0.3 is 0 Å². The molecule has 5 nitrogen and oxygen atoms in total. The average molecular weight is 400 g/mol. The van der Waals surface area contributed by atoms with Crippen molar-refractivity contribution >= 4 is 38.6 Å². The van der Waals surface area contributed by atoms with Gasteiger partial charge in [0.25, 0.3) is 11.8 Å². The number of carbonyl (C=O) groups is 2. The smallest absolute Gasteiger partial charge is 0.253 e. The number of amides is 2. The predicted molar refractivity (Wildman–Crippen MR) is 102 cm³/mol. The van der Waals surface area contributed by atoms with Crippen molar-refractivity contribution in [3.8, 4) is 0 Å². The Hall–Kier alpha value is -2.60. The maximum absolute atomic E-state index is 12.4. The van der Waals surface area contributed by atoms with Crippen LogP contribution in [0.25, 0.3) is 10.9 Å². The highest BCUT2D eigenvalue weighted by atomic mass is 79.9. The van der Waals surface area contributed by atoms with Gasteiger partial charge in [-0.05, 0) is 34.1 Å². The molecule has 0 spiro atoms. The molecular weight excluding hydrogens is 382 g/mol. The van der Waals surface area contributed by atoms with E-state index in [1.54, 1.807) is 6.07 Å². The molecule has 128 valence electrons. The summed E-state index contributed by atoms with van der Waals surface area (Å²) in [7, 11) is 1.91. The van der Waals surface area contributed by atoms with E-state index in [4.69, 9.17) is 0 Å². The third-order valence-electron chi connectivity index (χ3n) is 3.96. The van der Waals surface area contributed by atoms with Crippen molar-refractivity contribution in [1.82, 2.24) is 15.2 Å². The maximum atomic E-state index is 12.4. The number of aromatic nitrogens is 1. The Morgan fingerprint density at radius 1 is 0.920 bits per heavy atom. The van der Waals surface area contributed by atoms with Crippen molar-refractivity contribution < 1.29 is 9.59 Å². The second kappa shape index (κ2) is 7.53. The van der Waals surface area contributed by atoms with Crippen molar-refractivity contribution in [2.24, 2.45) is 7.05 Å². The predicted octanol–water partition coefficient (Wildman–Crippen LogP) is 3.10. The fraction of sp³-hybridized carbons (Fsp3) is 0.158. The zero-order valence-electron chi connectivity index (χ0n) is 13.8. The molecule has 3 rings (SSSR count). The summed E-state index contributed by atoms with van der Waals surface area (Å²) in [4.78, 5) is 24.5. The van der Waals surface area contributed by atoms with Crippen LogP contribution in [0.5, 0.6) is 0 Å². The number of rotatable bonds is 5. The quantitative estimate of drug-likeness (QED) is 0.647. The number of hydrogen-bond acceptors (Lipinski definition) is 2. The summed E-state index contributed by atoms with van der Waals surface area (Å²) in [5.41, 5.74) is 2.22. The summed E-state index contributed by atoms with van der Waals surface area (Å²) in [5.74, 6) is -0.321. The van der Waals surface area contributed by atoms with E-state index in [0.717, 1.165) is 15.4 Å². The molecule has 0 unspecified atom stereocenters. The average Bonchev–Trinajstić information content (AvgIpc) is 2.96. The molecule has 2 N–H and O–H groups in total. The molecule has 6 heteroatoms. The Labute approximate surface area is 154 Å². The molecule has 0 saturated heterocycles. The minimum absolute atomic E-state index is 0.146. The van der Waals surface area contributed by atoms with Gasteiger partial charge in [0.05, 0.1) is 11.1 Å². The molecule has 0 atom stereocenters. The van der Waals surface area contributed by atoms with Gasteiger partial charge in [0.2, 0.25) is 0 Å². The van der Waals surface area contributed by atoms with Crippen LogP contribution in [0.2, 0.25) is 0 Å². The summed E-state index contributed by atoms with van der Waals surface area (Å²) in [6, 6.07) is 15.0. The third kappa shape index (κ3) is 3.74. The van der Waals surface area contributed by atoms with E-state index in [0.29, 0.717) is 24.2 Å². The SMILES string of the molecule is Cn1cc(C(=O)NCCNC(=O)c2ccccc2Br)c2ccccc21. The van der Waals surface area contributed by atoms with Gasteiger partial charge in [-0.1, -0.05) is 30.3 Å². The molecule has 25 heavy (non-hydrogen) atoms. The van der Waals surface area contributed by atoms with Gasteiger partial charge in [0, 0.05) is 41.7 Å². The zero-order chi connectivity index (χ0) is 17.8. The molecular formula is C19H18BrN3O2. The molecule has 0 bridgehead atoms. The highest BCUT2D eigenvalue weighted by Gasteiger charge is 2.13. The second-order valence-corrected chi connectivity index (χ2v) is 6.52. The lowest BCUT2D eigenvalue weighted by atomic mass is 10.1. The fourth-order valence-corrected chi connectivity index (χ4v) is 3.18. The van der Waals surface area contributed by atoms with Crippen molar-refractivity contribution in [2.45, 2.75) is 0 Å². The van der Waals surface area contributed by atoms with Crippen LogP contribution in [0.3, 0.4) is 0 Å². The Balaban J connectivity index is 1.56. The van der Waals surface area contributed by atoms with E-state index in [-0.39, 0.29) is 11.8 Å². The molecule has 0 fully saturated rings. The van der Waals surface area contributed by atoms with Crippen LogP contribution in [0.15, 0.2) is 59.2 Å².